The summed E-state index contributed by atoms with van der Waals surface area (Å²) in [4.78, 5) is 12.4. The molecule has 0 aliphatic carbocycles. The molecule has 1 aromatic heterocycles. The number of nitrogens with one attached hydrogen (secondary N) is 1. The van der Waals surface area contributed by atoms with Crippen molar-refractivity contribution in [2.75, 3.05) is 17.8 Å². The van der Waals surface area contributed by atoms with Crippen LogP contribution in [0.25, 0.3) is 10.1 Å². The van der Waals surface area contributed by atoms with Gasteiger partial charge in [-0.15, -0.1) is 11.3 Å². The molecule has 3 rings (SSSR count). The van der Waals surface area contributed by atoms with Crippen LogP contribution in [0, 0.1) is 0 Å². The SMILES string of the molecule is CCOC(=O)c1sc2ccc(C=NNc3ccccc3)cc2c1N. The summed E-state index contributed by atoms with van der Waals surface area (Å²) in [6.07, 6.45) is 1.72. The van der Waals surface area contributed by atoms with E-state index in [1.165, 1.54) is 11.3 Å². The number of esters is 1. The predicted molar refractivity (Wildman–Crippen MR) is 99.9 cm³/mol. The first-order valence-electron chi connectivity index (χ1n) is 7.52. The number of ether oxygens (including phenoxy) is 1. The van der Waals surface area contributed by atoms with Gasteiger partial charge in [-0.1, -0.05) is 24.3 Å². The smallest absolute Gasteiger partial charge is 0.350 e. The van der Waals surface area contributed by atoms with Crippen LogP contribution in [0.4, 0.5) is 11.4 Å². The van der Waals surface area contributed by atoms with Crippen molar-refractivity contribution in [3.8, 4) is 0 Å². The third-order valence-corrected chi connectivity index (χ3v) is 4.56. The first kappa shape index (κ1) is 16.0. The second-order valence-corrected chi connectivity index (χ2v) is 6.11. The number of carbonyl (C=O) groups is 1. The number of carbonyl (C=O) groups excluding carboxylic acids is 1. The Bertz CT molecular complexity index is 888. The Morgan fingerprint density at radius 2 is 2.08 bits per heavy atom. The van der Waals surface area contributed by atoms with Gasteiger partial charge in [-0.2, -0.15) is 5.10 Å². The van der Waals surface area contributed by atoms with Gasteiger partial charge >= 0.3 is 5.97 Å². The number of nitrogens with zero attached hydrogens (tertiary/aromatic N) is 1. The average molecular weight is 339 g/mol. The van der Waals surface area contributed by atoms with E-state index in [4.69, 9.17) is 10.5 Å². The van der Waals surface area contributed by atoms with Crippen LogP contribution in [0.5, 0.6) is 0 Å². The normalized spacial score (nSPS) is 11.0. The molecule has 24 heavy (non-hydrogen) atoms. The molecule has 0 unspecified atom stereocenters. The summed E-state index contributed by atoms with van der Waals surface area (Å²) in [6, 6.07) is 15.5. The lowest BCUT2D eigenvalue weighted by Crippen LogP contribution is -2.04. The van der Waals surface area contributed by atoms with Crippen molar-refractivity contribution < 1.29 is 9.53 Å². The van der Waals surface area contributed by atoms with E-state index in [1.807, 2.05) is 48.5 Å². The van der Waals surface area contributed by atoms with Crippen LogP contribution in [0.1, 0.15) is 22.2 Å². The van der Waals surface area contributed by atoms with Crippen molar-refractivity contribution >= 4 is 45.0 Å². The van der Waals surface area contributed by atoms with Crippen LogP contribution in [0.3, 0.4) is 0 Å². The number of hydrazone groups is 1. The molecule has 0 amide bonds. The third kappa shape index (κ3) is 3.38. The van der Waals surface area contributed by atoms with Crippen molar-refractivity contribution in [1.82, 2.24) is 0 Å². The maximum absolute atomic E-state index is 11.9. The highest BCUT2D eigenvalue weighted by Crippen LogP contribution is 2.34. The number of nitrogens with two attached hydrogens (primary N) is 1. The van der Waals surface area contributed by atoms with Crippen molar-refractivity contribution in [2.24, 2.45) is 5.10 Å². The number of hydrogen-bond donors (Lipinski definition) is 2. The van der Waals surface area contributed by atoms with Crippen molar-refractivity contribution in [2.45, 2.75) is 6.92 Å². The molecular weight excluding hydrogens is 322 g/mol. The van der Waals surface area contributed by atoms with Crippen LogP contribution >= 0.6 is 11.3 Å². The Hall–Kier alpha value is -2.86. The van der Waals surface area contributed by atoms with Crippen molar-refractivity contribution in [1.29, 1.82) is 0 Å². The van der Waals surface area contributed by atoms with Gasteiger partial charge in [-0.25, -0.2) is 4.79 Å². The second kappa shape index (κ2) is 7.14. The van der Waals surface area contributed by atoms with E-state index in [-0.39, 0.29) is 5.97 Å². The van der Waals surface area contributed by atoms with E-state index in [2.05, 4.69) is 10.5 Å². The number of anilines is 2. The summed E-state index contributed by atoms with van der Waals surface area (Å²) in [6.45, 7) is 2.10. The number of para-hydroxylation sites is 1. The maximum Gasteiger partial charge on any atom is 0.350 e. The predicted octanol–water partition coefficient (Wildman–Crippen LogP) is 4.11. The number of benzene rings is 2. The first-order chi connectivity index (χ1) is 11.7. The van der Waals surface area contributed by atoms with E-state index in [0.29, 0.717) is 17.2 Å². The molecule has 0 spiro atoms. The molecule has 0 aliphatic rings. The minimum atomic E-state index is -0.378. The molecule has 0 atom stereocenters. The highest BCUT2D eigenvalue weighted by atomic mass is 32.1. The summed E-state index contributed by atoms with van der Waals surface area (Å²) in [7, 11) is 0. The van der Waals surface area contributed by atoms with E-state index in [1.54, 1.807) is 13.1 Å². The first-order valence-corrected chi connectivity index (χ1v) is 8.34. The molecule has 6 heteroatoms. The highest BCUT2D eigenvalue weighted by molar-refractivity contribution is 7.21. The summed E-state index contributed by atoms with van der Waals surface area (Å²) in [5, 5.41) is 5.06. The largest absolute Gasteiger partial charge is 0.462 e. The number of hydrogen-bond acceptors (Lipinski definition) is 6. The Labute approximate surface area is 143 Å². The van der Waals surface area contributed by atoms with Crippen LogP contribution in [-0.4, -0.2) is 18.8 Å². The molecule has 0 radical (unpaired) electrons. The average Bonchev–Trinajstić information content (AvgIpc) is 2.93. The topological polar surface area (TPSA) is 76.7 Å². The van der Waals surface area contributed by atoms with E-state index >= 15 is 0 Å². The van der Waals surface area contributed by atoms with Gasteiger partial charge in [-0.3, -0.25) is 5.43 Å². The lowest BCUT2D eigenvalue weighted by Gasteiger charge is -2.00. The van der Waals surface area contributed by atoms with Crippen molar-refractivity contribution in [3.63, 3.8) is 0 Å². The van der Waals surface area contributed by atoms with Gasteiger partial charge in [0, 0.05) is 10.1 Å². The van der Waals surface area contributed by atoms with Gasteiger partial charge in [0.1, 0.15) is 4.88 Å². The zero-order chi connectivity index (χ0) is 16.9. The molecule has 0 saturated heterocycles. The zero-order valence-electron chi connectivity index (χ0n) is 13.2. The molecule has 3 N–H and O–H groups in total. The maximum atomic E-state index is 11.9. The van der Waals surface area contributed by atoms with Gasteiger partial charge in [-0.05, 0) is 36.8 Å². The summed E-state index contributed by atoms with van der Waals surface area (Å²) < 4.78 is 5.99. The second-order valence-electron chi connectivity index (χ2n) is 5.06. The zero-order valence-corrected chi connectivity index (χ0v) is 14.0. The molecular formula is C18H17N3O2S. The summed E-state index contributed by atoms with van der Waals surface area (Å²) >= 11 is 1.34. The minimum Gasteiger partial charge on any atom is -0.462 e. The quantitative estimate of drug-likeness (QED) is 0.417. The summed E-state index contributed by atoms with van der Waals surface area (Å²) in [5.41, 5.74) is 11.3. The van der Waals surface area contributed by atoms with Crippen LogP contribution in [0.2, 0.25) is 0 Å². The van der Waals surface area contributed by atoms with E-state index in [0.717, 1.165) is 21.3 Å². The molecule has 3 aromatic rings. The van der Waals surface area contributed by atoms with Gasteiger partial charge in [0.05, 0.1) is 24.2 Å². The van der Waals surface area contributed by atoms with Crippen LogP contribution < -0.4 is 11.2 Å². The Balaban J connectivity index is 1.83. The standard InChI is InChI=1S/C18H17N3O2S/c1-2-23-18(22)17-16(19)14-10-12(8-9-15(14)24-17)11-20-21-13-6-4-3-5-7-13/h3-11,21H,2,19H2,1H3. The fourth-order valence-electron chi connectivity index (χ4n) is 2.26. The van der Waals surface area contributed by atoms with Gasteiger partial charge in [0.2, 0.25) is 0 Å². The number of rotatable bonds is 5. The fraction of sp³-hybridized carbons (Fsp3) is 0.111. The summed E-state index contributed by atoms with van der Waals surface area (Å²) in [5.74, 6) is -0.378. The molecule has 122 valence electrons. The van der Waals surface area contributed by atoms with Gasteiger partial charge in [0.25, 0.3) is 0 Å². The minimum absolute atomic E-state index is 0.329. The Morgan fingerprint density at radius 1 is 1.29 bits per heavy atom. The van der Waals surface area contributed by atoms with Gasteiger partial charge in [0.15, 0.2) is 0 Å². The molecule has 0 saturated carbocycles. The van der Waals surface area contributed by atoms with E-state index in [9.17, 15) is 4.79 Å². The third-order valence-electron chi connectivity index (χ3n) is 3.39. The lowest BCUT2D eigenvalue weighted by atomic mass is 10.1. The molecule has 0 fully saturated rings. The molecule has 5 nitrogen and oxygen atoms in total. The van der Waals surface area contributed by atoms with Crippen molar-refractivity contribution in [3.05, 3.63) is 59.0 Å². The highest BCUT2D eigenvalue weighted by Gasteiger charge is 2.17. The molecule has 2 aromatic carbocycles. The van der Waals surface area contributed by atoms with Crippen LogP contribution in [-0.2, 0) is 4.74 Å². The monoisotopic (exact) mass is 339 g/mol. The van der Waals surface area contributed by atoms with Gasteiger partial charge < -0.3 is 10.5 Å². The number of fused-ring (bicyclic) bond motifs is 1. The number of nitrogen functional groups attached to an aromatic ring is 1. The lowest BCUT2D eigenvalue weighted by molar-refractivity contribution is 0.0533. The molecule has 0 bridgehead atoms. The van der Waals surface area contributed by atoms with E-state index < -0.39 is 0 Å². The Kier molecular flexibility index (Phi) is 4.77. The molecule has 0 aliphatic heterocycles. The fourth-order valence-corrected chi connectivity index (χ4v) is 3.25. The number of thiophene rings is 1. The molecule has 1 heterocycles. The Morgan fingerprint density at radius 3 is 2.83 bits per heavy atom. The van der Waals surface area contributed by atoms with Crippen LogP contribution in [0.15, 0.2) is 53.6 Å².